The van der Waals surface area contributed by atoms with E-state index in [0.717, 1.165) is 26.2 Å². The second kappa shape index (κ2) is 5.65. The van der Waals surface area contributed by atoms with Crippen molar-refractivity contribution in [1.82, 2.24) is 4.90 Å². The maximum atomic E-state index is 5.93. The van der Waals surface area contributed by atoms with Crippen molar-refractivity contribution in [1.29, 1.82) is 0 Å². The molecule has 1 fully saturated rings. The molecule has 0 saturated carbocycles. The van der Waals surface area contributed by atoms with E-state index in [1.54, 1.807) is 0 Å². The molecule has 0 unspecified atom stereocenters. The second-order valence-corrected chi connectivity index (χ2v) is 5.28. The number of nitrogens with zero attached hydrogens (tertiary/aromatic N) is 1. The highest BCUT2D eigenvalue weighted by Gasteiger charge is 2.39. The predicted molar refractivity (Wildman–Crippen MR) is 71.0 cm³/mol. The Morgan fingerprint density at radius 2 is 1.94 bits per heavy atom. The van der Waals surface area contributed by atoms with Gasteiger partial charge >= 0.3 is 0 Å². The Hall–Kier alpha value is -0.860. The van der Waals surface area contributed by atoms with Crippen molar-refractivity contribution >= 4 is 0 Å². The summed E-state index contributed by atoms with van der Waals surface area (Å²) in [5.41, 5.74) is 1.49. The first-order valence-electron chi connectivity index (χ1n) is 6.62. The van der Waals surface area contributed by atoms with Crippen molar-refractivity contribution < 1.29 is 4.74 Å². The minimum Gasteiger partial charge on any atom is -0.373 e. The molecule has 0 aliphatic carbocycles. The fourth-order valence-electron chi connectivity index (χ4n) is 2.41. The molecule has 1 heterocycles. The molecule has 0 N–H and O–H groups in total. The summed E-state index contributed by atoms with van der Waals surface area (Å²) in [7, 11) is 0. The minimum atomic E-state index is 0.101. The first-order chi connectivity index (χ1) is 8.22. The van der Waals surface area contributed by atoms with Crippen LogP contribution in [0, 0.1) is 0 Å². The molecule has 0 atom stereocenters. The van der Waals surface area contributed by atoms with Crippen LogP contribution in [0.3, 0.4) is 0 Å². The van der Waals surface area contributed by atoms with Gasteiger partial charge in [0.05, 0.1) is 5.60 Å². The lowest BCUT2D eigenvalue weighted by atomic mass is 9.95. The van der Waals surface area contributed by atoms with Crippen molar-refractivity contribution in [2.75, 3.05) is 19.7 Å². The lowest BCUT2D eigenvalue weighted by Gasteiger charge is -2.47. The predicted octanol–water partition coefficient (Wildman–Crippen LogP) is 3.08. The van der Waals surface area contributed by atoms with Crippen LogP contribution in [0.15, 0.2) is 30.3 Å². The Balaban J connectivity index is 1.71. The fraction of sp³-hybridized carbons (Fsp3) is 0.600. The normalized spacial score (nSPS) is 18.9. The van der Waals surface area contributed by atoms with Crippen LogP contribution >= 0.6 is 0 Å². The quantitative estimate of drug-likeness (QED) is 0.700. The molecule has 17 heavy (non-hydrogen) atoms. The largest absolute Gasteiger partial charge is 0.373 e. The molecule has 1 aromatic carbocycles. The van der Waals surface area contributed by atoms with E-state index in [0.29, 0.717) is 0 Å². The van der Waals surface area contributed by atoms with Crippen LogP contribution in [0.4, 0.5) is 0 Å². The van der Waals surface area contributed by atoms with E-state index in [1.807, 2.05) is 0 Å². The molecule has 0 amide bonds. The highest BCUT2D eigenvalue weighted by Crippen LogP contribution is 2.26. The molecule has 1 saturated heterocycles. The number of unbranched alkanes of at least 4 members (excludes halogenated alkanes) is 1. The smallest absolute Gasteiger partial charge is 0.0907 e. The monoisotopic (exact) mass is 233 g/mol. The van der Waals surface area contributed by atoms with Gasteiger partial charge in [0, 0.05) is 26.2 Å². The Labute approximate surface area is 105 Å². The SMILES string of the molecule is CCCCOC1(C)CN(Cc2ccccc2)C1. The number of rotatable bonds is 6. The van der Waals surface area contributed by atoms with E-state index < -0.39 is 0 Å². The molecule has 1 aliphatic rings. The lowest BCUT2D eigenvalue weighted by molar-refractivity contribution is -0.135. The summed E-state index contributed by atoms with van der Waals surface area (Å²) >= 11 is 0. The third-order valence-electron chi connectivity index (χ3n) is 3.31. The van der Waals surface area contributed by atoms with Gasteiger partial charge in [-0.05, 0) is 18.9 Å². The van der Waals surface area contributed by atoms with Gasteiger partial charge in [0.1, 0.15) is 0 Å². The molecule has 2 heteroatoms. The maximum absolute atomic E-state index is 5.93. The Morgan fingerprint density at radius 1 is 1.24 bits per heavy atom. The average Bonchev–Trinajstić information content (AvgIpc) is 2.29. The van der Waals surface area contributed by atoms with E-state index in [1.165, 1.54) is 18.4 Å². The van der Waals surface area contributed by atoms with Crippen LogP contribution in [-0.2, 0) is 11.3 Å². The van der Waals surface area contributed by atoms with Gasteiger partial charge in [-0.1, -0.05) is 43.7 Å². The van der Waals surface area contributed by atoms with E-state index in [4.69, 9.17) is 4.74 Å². The van der Waals surface area contributed by atoms with Gasteiger partial charge < -0.3 is 4.74 Å². The van der Waals surface area contributed by atoms with Crippen LogP contribution < -0.4 is 0 Å². The van der Waals surface area contributed by atoms with Crippen molar-refractivity contribution in [2.24, 2.45) is 0 Å². The zero-order chi connectivity index (χ0) is 12.1. The van der Waals surface area contributed by atoms with Gasteiger partial charge in [0.2, 0.25) is 0 Å². The number of hydrogen-bond acceptors (Lipinski definition) is 2. The molecule has 0 spiro atoms. The Morgan fingerprint density at radius 3 is 2.59 bits per heavy atom. The van der Waals surface area contributed by atoms with Gasteiger partial charge in [-0.3, -0.25) is 4.90 Å². The van der Waals surface area contributed by atoms with Crippen LogP contribution in [-0.4, -0.2) is 30.2 Å². The van der Waals surface area contributed by atoms with E-state index in [9.17, 15) is 0 Å². The maximum Gasteiger partial charge on any atom is 0.0907 e. The van der Waals surface area contributed by atoms with Crippen LogP contribution in [0.5, 0.6) is 0 Å². The van der Waals surface area contributed by atoms with Gasteiger partial charge in [-0.15, -0.1) is 0 Å². The summed E-state index contributed by atoms with van der Waals surface area (Å²) in [6, 6.07) is 10.6. The van der Waals surface area contributed by atoms with Crippen molar-refractivity contribution in [3.8, 4) is 0 Å². The van der Waals surface area contributed by atoms with Crippen molar-refractivity contribution in [3.63, 3.8) is 0 Å². The average molecular weight is 233 g/mol. The third-order valence-corrected chi connectivity index (χ3v) is 3.31. The zero-order valence-corrected chi connectivity index (χ0v) is 11.0. The molecule has 94 valence electrons. The standard InChI is InChI=1S/C15H23NO/c1-3-4-10-17-15(2)12-16(13-15)11-14-8-6-5-7-9-14/h5-9H,3-4,10-13H2,1-2H3. The summed E-state index contributed by atoms with van der Waals surface area (Å²) in [6.45, 7) is 8.51. The van der Waals surface area contributed by atoms with Gasteiger partial charge in [0.25, 0.3) is 0 Å². The second-order valence-electron chi connectivity index (χ2n) is 5.28. The number of ether oxygens (including phenoxy) is 1. The summed E-state index contributed by atoms with van der Waals surface area (Å²) in [5, 5.41) is 0. The van der Waals surface area contributed by atoms with Gasteiger partial charge in [-0.25, -0.2) is 0 Å². The molecule has 2 rings (SSSR count). The zero-order valence-electron chi connectivity index (χ0n) is 11.0. The molecule has 2 nitrogen and oxygen atoms in total. The highest BCUT2D eigenvalue weighted by atomic mass is 16.5. The van der Waals surface area contributed by atoms with Crippen LogP contribution in [0.25, 0.3) is 0 Å². The van der Waals surface area contributed by atoms with E-state index in [-0.39, 0.29) is 5.60 Å². The lowest BCUT2D eigenvalue weighted by Crippen LogP contribution is -2.60. The first-order valence-corrected chi connectivity index (χ1v) is 6.62. The Kier molecular flexibility index (Phi) is 4.19. The Bertz CT molecular complexity index is 330. The number of benzene rings is 1. The van der Waals surface area contributed by atoms with Crippen molar-refractivity contribution in [2.45, 2.75) is 38.8 Å². The molecule has 1 aliphatic heterocycles. The van der Waals surface area contributed by atoms with E-state index >= 15 is 0 Å². The number of hydrogen-bond donors (Lipinski definition) is 0. The summed E-state index contributed by atoms with van der Waals surface area (Å²) < 4.78 is 5.93. The first kappa shape index (κ1) is 12.6. The molecule has 0 radical (unpaired) electrons. The summed E-state index contributed by atoms with van der Waals surface area (Å²) in [6.07, 6.45) is 2.39. The summed E-state index contributed by atoms with van der Waals surface area (Å²) in [4.78, 5) is 2.45. The fourth-order valence-corrected chi connectivity index (χ4v) is 2.41. The molecule has 1 aromatic rings. The topological polar surface area (TPSA) is 12.5 Å². The summed E-state index contributed by atoms with van der Waals surface area (Å²) in [5.74, 6) is 0. The van der Waals surface area contributed by atoms with Crippen LogP contribution in [0.1, 0.15) is 32.3 Å². The number of likely N-dealkylation sites (tertiary alicyclic amines) is 1. The molecular weight excluding hydrogens is 210 g/mol. The van der Waals surface area contributed by atoms with Crippen LogP contribution in [0.2, 0.25) is 0 Å². The highest BCUT2D eigenvalue weighted by molar-refractivity contribution is 5.15. The third kappa shape index (κ3) is 3.55. The van der Waals surface area contributed by atoms with Gasteiger partial charge in [-0.2, -0.15) is 0 Å². The molecule has 0 bridgehead atoms. The van der Waals surface area contributed by atoms with Gasteiger partial charge in [0.15, 0.2) is 0 Å². The van der Waals surface area contributed by atoms with E-state index in [2.05, 4.69) is 49.1 Å². The molecular formula is C15H23NO. The van der Waals surface area contributed by atoms with Crippen molar-refractivity contribution in [3.05, 3.63) is 35.9 Å². The minimum absolute atomic E-state index is 0.101. The molecule has 0 aromatic heterocycles.